The maximum absolute atomic E-state index is 11.9. The van der Waals surface area contributed by atoms with Gasteiger partial charge in [0.05, 0.1) is 19.0 Å². The smallest absolute Gasteiger partial charge is 0.319 e. The number of hydrogen-bond donors (Lipinski definition) is 1. The summed E-state index contributed by atoms with van der Waals surface area (Å²) in [5.74, 6) is -0.315. The third-order valence-corrected chi connectivity index (χ3v) is 4.97. The molecule has 1 aromatic heterocycles. The van der Waals surface area contributed by atoms with Crippen molar-refractivity contribution in [1.82, 2.24) is 9.97 Å². The first-order chi connectivity index (χ1) is 10.5. The van der Waals surface area contributed by atoms with Gasteiger partial charge in [-0.2, -0.15) is 0 Å². The number of anilines is 1. The molecule has 0 saturated carbocycles. The van der Waals surface area contributed by atoms with E-state index in [-0.39, 0.29) is 28.9 Å². The van der Waals surface area contributed by atoms with Crippen LogP contribution in [0, 0.1) is 0 Å². The molecule has 1 aliphatic rings. The van der Waals surface area contributed by atoms with Gasteiger partial charge >= 0.3 is 11.9 Å². The van der Waals surface area contributed by atoms with Crippen LogP contribution in [0.2, 0.25) is 0 Å². The zero-order valence-electron chi connectivity index (χ0n) is 12.3. The molecule has 120 valence electrons. The van der Waals surface area contributed by atoms with Crippen molar-refractivity contribution in [3.8, 4) is 0 Å². The van der Waals surface area contributed by atoms with Gasteiger partial charge in [-0.3, -0.25) is 9.59 Å². The number of rotatable bonds is 6. The van der Waals surface area contributed by atoms with Gasteiger partial charge in [-0.25, -0.2) is 9.97 Å². The highest BCUT2D eigenvalue weighted by Crippen LogP contribution is 2.40. The predicted molar refractivity (Wildman–Crippen MR) is 83.8 cm³/mol. The highest BCUT2D eigenvalue weighted by Gasteiger charge is 2.33. The van der Waals surface area contributed by atoms with Crippen molar-refractivity contribution < 1.29 is 19.1 Å². The lowest BCUT2D eigenvalue weighted by Crippen LogP contribution is -2.19. The fourth-order valence-corrected chi connectivity index (χ4v) is 3.98. The summed E-state index contributed by atoms with van der Waals surface area (Å²) in [5.41, 5.74) is 6.54. The Labute approximate surface area is 136 Å². The second-order valence-corrected chi connectivity index (χ2v) is 6.48. The van der Waals surface area contributed by atoms with Crippen LogP contribution in [0.1, 0.15) is 19.4 Å². The van der Waals surface area contributed by atoms with Crippen molar-refractivity contribution in [2.75, 3.05) is 24.7 Å². The molecule has 0 amide bonds. The third kappa shape index (κ3) is 4.04. The van der Waals surface area contributed by atoms with Gasteiger partial charge in [0.15, 0.2) is 0 Å². The lowest BCUT2D eigenvalue weighted by Gasteiger charge is -2.07. The van der Waals surface area contributed by atoms with Gasteiger partial charge in [-0.05, 0) is 13.8 Å². The highest BCUT2D eigenvalue weighted by atomic mass is 32.2. The highest BCUT2D eigenvalue weighted by molar-refractivity contribution is 8.01. The fourth-order valence-electron chi connectivity index (χ4n) is 1.91. The van der Waals surface area contributed by atoms with Crippen molar-refractivity contribution in [3.63, 3.8) is 0 Å². The molecule has 1 atom stereocenters. The molecule has 0 radical (unpaired) electrons. The Kier molecular flexibility index (Phi) is 5.90. The van der Waals surface area contributed by atoms with E-state index < -0.39 is 0 Å². The molecule has 2 N–H and O–H groups in total. The number of carbonyl (C=O) groups excluding carboxylic acids is 2. The first-order valence-corrected chi connectivity index (χ1v) is 8.69. The van der Waals surface area contributed by atoms with Gasteiger partial charge in [-0.15, -0.1) is 0 Å². The normalized spacial score (nSPS) is 16.2. The zero-order chi connectivity index (χ0) is 16.1. The van der Waals surface area contributed by atoms with Crippen LogP contribution in [0.15, 0.2) is 10.1 Å². The van der Waals surface area contributed by atoms with Crippen LogP contribution in [0.4, 0.5) is 5.95 Å². The van der Waals surface area contributed by atoms with Crippen molar-refractivity contribution in [2.45, 2.75) is 35.6 Å². The van der Waals surface area contributed by atoms with Crippen LogP contribution in [0.3, 0.4) is 0 Å². The van der Waals surface area contributed by atoms with Gasteiger partial charge < -0.3 is 15.2 Å². The number of ether oxygens (including phenoxy) is 2. The number of nitrogen functional groups attached to an aromatic ring is 1. The first-order valence-electron chi connectivity index (χ1n) is 6.83. The first kappa shape index (κ1) is 16.9. The van der Waals surface area contributed by atoms with Gasteiger partial charge in [-0.1, -0.05) is 23.5 Å². The third-order valence-electron chi connectivity index (χ3n) is 2.77. The van der Waals surface area contributed by atoms with Crippen molar-refractivity contribution in [1.29, 1.82) is 0 Å². The van der Waals surface area contributed by atoms with E-state index in [0.29, 0.717) is 29.7 Å². The van der Waals surface area contributed by atoms with Gasteiger partial charge in [0.2, 0.25) is 5.95 Å². The molecule has 1 aromatic rings. The van der Waals surface area contributed by atoms with Crippen molar-refractivity contribution in [2.24, 2.45) is 0 Å². The summed E-state index contributed by atoms with van der Waals surface area (Å²) in [6.45, 7) is 4.20. The Morgan fingerprint density at radius 1 is 1.32 bits per heavy atom. The molecule has 0 fully saturated rings. The molecule has 0 spiro atoms. The quantitative estimate of drug-likeness (QED) is 0.465. The van der Waals surface area contributed by atoms with E-state index in [4.69, 9.17) is 15.2 Å². The molecule has 7 nitrogen and oxygen atoms in total. The summed E-state index contributed by atoms with van der Waals surface area (Å²) >= 11 is 2.57. The molecular weight excluding hydrogens is 326 g/mol. The standard InChI is InChI=1S/C13H17N3O4S2/c1-3-19-9(17)6-21-10-7-5-8(12(18)20-4-2)22-11(7)16-13(14)15-10/h8H,3-6H2,1-2H3,(H2,14,15,16). The number of nitrogens with two attached hydrogens (primary N) is 1. The number of esters is 2. The van der Waals surface area contributed by atoms with Crippen LogP contribution in [-0.2, 0) is 25.5 Å². The molecule has 1 unspecified atom stereocenters. The van der Waals surface area contributed by atoms with Crippen molar-refractivity contribution in [3.05, 3.63) is 5.56 Å². The van der Waals surface area contributed by atoms with Crippen LogP contribution in [0.25, 0.3) is 0 Å². The Morgan fingerprint density at radius 2 is 2.05 bits per heavy atom. The molecule has 0 bridgehead atoms. The minimum Gasteiger partial charge on any atom is -0.465 e. The monoisotopic (exact) mass is 343 g/mol. The molecule has 2 rings (SSSR count). The number of nitrogens with zero attached hydrogens (tertiary/aromatic N) is 2. The number of aromatic nitrogens is 2. The van der Waals surface area contributed by atoms with Crippen LogP contribution in [-0.4, -0.2) is 46.1 Å². The number of thioether (sulfide) groups is 2. The predicted octanol–water partition coefficient (Wildman–Crippen LogP) is 1.29. The summed E-state index contributed by atoms with van der Waals surface area (Å²) in [7, 11) is 0. The molecule has 22 heavy (non-hydrogen) atoms. The molecule has 0 saturated heterocycles. The van der Waals surface area contributed by atoms with Gasteiger partial charge in [0.1, 0.15) is 15.3 Å². The van der Waals surface area contributed by atoms with E-state index in [1.165, 1.54) is 23.5 Å². The fraction of sp³-hybridized carbons (Fsp3) is 0.538. The lowest BCUT2D eigenvalue weighted by atomic mass is 10.2. The van der Waals surface area contributed by atoms with E-state index in [2.05, 4.69) is 9.97 Å². The zero-order valence-corrected chi connectivity index (χ0v) is 14.0. The van der Waals surface area contributed by atoms with Crippen molar-refractivity contribution >= 4 is 41.4 Å². The summed E-state index contributed by atoms with van der Waals surface area (Å²) in [6, 6.07) is 0. The minimum absolute atomic E-state index is 0.127. The molecular formula is C13H17N3O4S2. The Balaban J connectivity index is 2.11. The number of carbonyl (C=O) groups is 2. The van der Waals surface area contributed by atoms with Crippen LogP contribution in [0.5, 0.6) is 0 Å². The van der Waals surface area contributed by atoms with E-state index in [1.54, 1.807) is 13.8 Å². The van der Waals surface area contributed by atoms with E-state index in [1.807, 2.05) is 0 Å². The maximum Gasteiger partial charge on any atom is 0.319 e. The van der Waals surface area contributed by atoms with Gasteiger partial charge in [0.25, 0.3) is 0 Å². The van der Waals surface area contributed by atoms with Crippen LogP contribution >= 0.6 is 23.5 Å². The minimum atomic E-state index is -0.340. The Bertz CT molecular complexity index is 583. The summed E-state index contributed by atoms with van der Waals surface area (Å²) in [6.07, 6.45) is 0.476. The van der Waals surface area contributed by atoms with E-state index in [0.717, 1.165) is 5.56 Å². The topological polar surface area (TPSA) is 104 Å². The molecule has 9 heteroatoms. The van der Waals surface area contributed by atoms with Crippen LogP contribution < -0.4 is 5.73 Å². The van der Waals surface area contributed by atoms with E-state index >= 15 is 0 Å². The molecule has 1 aliphatic heterocycles. The number of fused-ring (bicyclic) bond motifs is 1. The second kappa shape index (κ2) is 7.68. The average molecular weight is 343 g/mol. The summed E-state index contributed by atoms with van der Waals surface area (Å²) < 4.78 is 9.93. The second-order valence-electron chi connectivity index (χ2n) is 4.33. The molecule has 0 aromatic carbocycles. The lowest BCUT2D eigenvalue weighted by molar-refractivity contribution is -0.142. The average Bonchev–Trinajstić information content (AvgIpc) is 2.89. The molecule has 2 heterocycles. The SMILES string of the molecule is CCOC(=O)CSc1nc(N)nc2c1CC(C(=O)OCC)S2. The van der Waals surface area contributed by atoms with E-state index in [9.17, 15) is 9.59 Å². The Hall–Kier alpha value is -1.48. The number of hydrogen-bond acceptors (Lipinski definition) is 9. The summed E-state index contributed by atoms with van der Waals surface area (Å²) in [5, 5.41) is 0.958. The van der Waals surface area contributed by atoms with Gasteiger partial charge in [0, 0.05) is 12.0 Å². The maximum atomic E-state index is 11.9. The summed E-state index contributed by atoms with van der Waals surface area (Å²) in [4.78, 5) is 31.7. The largest absolute Gasteiger partial charge is 0.465 e. The molecule has 0 aliphatic carbocycles. The Morgan fingerprint density at radius 3 is 2.73 bits per heavy atom.